The molecule has 0 aliphatic rings. The van der Waals surface area contributed by atoms with Crippen LogP contribution in [-0.2, 0) is 13.5 Å². The Balaban J connectivity index is 2.19. The lowest BCUT2D eigenvalue weighted by Gasteiger charge is -2.16. The van der Waals surface area contributed by atoms with Crippen LogP contribution in [0.4, 0.5) is 0 Å². The molecule has 0 radical (unpaired) electrons. The summed E-state index contributed by atoms with van der Waals surface area (Å²) in [5.41, 5.74) is 7.10. The van der Waals surface area contributed by atoms with Crippen LogP contribution in [0.5, 0.6) is 0 Å². The van der Waals surface area contributed by atoms with Gasteiger partial charge in [-0.25, -0.2) is 0 Å². The van der Waals surface area contributed by atoms with E-state index in [-0.39, 0.29) is 6.04 Å². The van der Waals surface area contributed by atoms with Crippen LogP contribution in [0.2, 0.25) is 0 Å². The molecule has 0 spiro atoms. The lowest BCUT2D eigenvalue weighted by atomic mass is 10.0. The molecule has 5 nitrogen and oxygen atoms in total. The van der Waals surface area contributed by atoms with Gasteiger partial charge >= 0.3 is 0 Å². The highest BCUT2D eigenvalue weighted by Gasteiger charge is 2.13. The van der Waals surface area contributed by atoms with Crippen molar-refractivity contribution in [3.63, 3.8) is 0 Å². The Hall–Kier alpha value is -1.72. The molecule has 2 aromatic rings. The smallest absolute Gasteiger partial charge is 0.0596 e. The van der Waals surface area contributed by atoms with Gasteiger partial charge in [0, 0.05) is 31.1 Å². The van der Waals surface area contributed by atoms with E-state index in [4.69, 9.17) is 5.84 Å². The number of hydrogen-bond donors (Lipinski definition) is 2. The SMILES string of the molecule is Cc1ccc(C(Cc2cc(C)nn2C)NN)cn1. The van der Waals surface area contributed by atoms with E-state index in [9.17, 15) is 0 Å². The third-order valence-corrected chi connectivity index (χ3v) is 3.05. The number of aromatic nitrogens is 3. The van der Waals surface area contributed by atoms with Gasteiger partial charge < -0.3 is 0 Å². The van der Waals surface area contributed by atoms with Crippen molar-refractivity contribution in [3.8, 4) is 0 Å². The quantitative estimate of drug-likeness (QED) is 0.627. The third-order valence-electron chi connectivity index (χ3n) is 3.05. The summed E-state index contributed by atoms with van der Waals surface area (Å²) in [6.45, 7) is 3.96. The molecule has 0 amide bonds. The second kappa shape index (κ2) is 5.29. The zero-order valence-electron chi connectivity index (χ0n) is 11.0. The molecule has 96 valence electrons. The van der Waals surface area contributed by atoms with E-state index in [1.807, 2.05) is 37.8 Å². The fourth-order valence-corrected chi connectivity index (χ4v) is 2.02. The lowest BCUT2D eigenvalue weighted by molar-refractivity contribution is 0.528. The van der Waals surface area contributed by atoms with Crippen molar-refractivity contribution in [1.82, 2.24) is 20.2 Å². The van der Waals surface area contributed by atoms with Gasteiger partial charge in [-0.15, -0.1) is 0 Å². The highest BCUT2D eigenvalue weighted by molar-refractivity contribution is 5.20. The van der Waals surface area contributed by atoms with E-state index in [2.05, 4.69) is 27.6 Å². The van der Waals surface area contributed by atoms with Crippen LogP contribution in [-0.4, -0.2) is 14.8 Å². The van der Waals surface area contributed by atoms with Crippen molar-refractivity contribution in [2.24, 2.45) is 12.9 Å². The highest BCUT2D eigenvalue weighted by atomic mass is 15.3. The van der Waals surface area contributed by atoms with Gasteiger partial charge in [0.25, 0.3) is 0 Å². The Kier molecular flexibility index (Phi) is 3.74. The number of hydrogen-bond acceptors (Lipinski definition) is 4. The lowest BCUT2D eigenvalue weighted by Crippen LogP contribution is -2.30. The Morgan fingerprint density at radius 1 is 1.33 bits per heavy atom. The number of hydrazine groups is 1. The molecule has 0 bridgehead atoms. The second-order valence-electron chi connectivity index (χ2n) is 4.56. The maximum absolute atomic E-state index is 5.64. The summed E-state index contributed by atoms with van der Waals surface area (Å²) in [6, 6.07) is 6.17. The van der Waals surface area contributed by atoms with Gasteiger partial charge in [0.1, 0.15) is 0 Å². The average Bonchev–Trinajstić information content (AvgIpc) is 2.66. The normalized spacial score (nSPS) is 12.7. The van der Waals surface area contributed by atoms with E-state index in [0.29, 0.717) is 0 Å². The molecule has 2 rings (SSSR count). The number of pyridine rings is 1. The maximum Gasteiger partial charge on any atom is 0.0596 e. The number of nitrogens with one attached hydrogen (secondary N) is 1. The number of nitrogens with zero attached hydrogens (tertiary/aromatic N) is 3. The summed E-state index contributed by atoms with van der Waals surface area (Å²) in [6.07, 6.45) is 2.65. The van der Waals surface area contributed by atoms with Crippen molar-refractivity contribution in [1.29, 1.82) is 0 Å². The van der Waals surface area contributed by atoms with Crippen molar-refractivity contribution in [2.45, 2.75) is 26.3 Å². The van der Waals surface area contributed by atoms with Crippen LogP contribution >= 0.6 is 0 Å². The summed E-state index contributed by atoms with van der Waals surface area (Å²) in [5.74, 6) is 5.64. The van der Waals surface area contributed by atoms with Crippen LogP contribution in [0.3, 0.4) is 0 Å². The molecule has 0 aromatic carbocycles. The fourth-order valence-electron chi connectivity index (χ4n) is 2.02. The summed E-state index contributed by atoms with van der Waals surface area (Å²) in [5, 5.41) is 4.34. The Labute approximate surface area is 107 Å². The molecule has 1 unspecified atom stereocenters. The minimum atomic E-state index is 0.0490. The van der Waals surface area contributed by atoms with Crippen LogP contribution in [0.1, 0.15) is 28.7 Å². The Morgan fingerprint density at radius 2 is 2.11 bits per heavy atom. The zero-order valence-corrected chi connectivity index (χ0v) is 11.0. The van der Waals surface area contributed by atoms with Gasteiger partial charge in [0.15, 0.2) is 0 Å². The Morgan fingerprint density at radius 3 is 2.61 bits per heavy atom. The molecule has 2 aromatic heterocycles. The van der Waals surface area contributed by atoms with Crippen molar-refractivity contribution < 1.29 is 0 Å². The minimum absolute atomic E-state index is 0.0490. The number of nitrogens with two attached hydrogens (primary N) is 1. The van der Waals surface area contributed by atoms with Gasteiger partial charge in [-0.1, -0.05) is 6.07 Å². The van der Waals surface area contributed by atoms with Gasteiger partial charge in [-0.05, 0) is 31.5 Å². The van der Waals surface area contributed by atoms with Crippen molar-refractivity contribution in [2.75, 3.05) is 0 Å². The number of rotatable bonds is 4. The molecule has 0 aliphatic heterocycles. The molecule has 1 atom stereocenters. The molecular formula is C13H19N5. The topological polar surface area (TPSA) is 68.8 Å². The predicted molar refractivity (Wildman–Crippen MR) is 70.7 cm³/mol. The third kappa shape index (κ3) is 2.75. The molecule has 5 heteroatoms. The van der Waals surface area contributed by atoms with E-state index >= 15 is 0 Å². The monoisotopic (exact) mass is 245 g/mol. The van der Waals surface area contributed by atoms with Gasteiger partial charge in [0.05, 0.1) is 11.7 Å². The number of aryl methyl sites for hydroxylation is 3. The van der Waals surface area contributed by atoms with Gasteiger partial charge in [0.2, 0.25) is 0 Å². The van der Waals surface area contributed by atoms with Gasteiger partial charge in [-0.3, -0.25) is 20.9 Å². The summed E-state index contributed by atoms with van der Waals surface area (Å²) in [7, 11) is 1.95. The fraction of sp³-hybridized carbons (Fsp3) is 0.385. The molecule has 0 saturated carbocycles. The molecule has 0 fully saturated rings. The first kappa shape index (κ1) is 12.7. The van der Waals surface area contributed by atoms with Crippen molar-refractivity contribution in [3.05, 3.63) is 47.0 Å². The van der Waals surface area contributed by atoms with Crippen LogP contribution in [0.15, 0.2) is 24.4 Å². The Bertz CT molecular complexity index is 515. The van der Waals surface area contributed by atoms with E-state index in [1.54, 1.807) is 0 Å². The standard InChI is InChI=1S/C13H19N5/c1-9-4-5-11(8-15-9)13(16-14)7-12-6-10(2)17-18(12)3/h4-6,8,13,16H,7,14H2,1-3H3. The van der Waals surface area contributed by atoms with E-state index in [1.165, 1.54) is 0 Å². The van der Waals surface area contributed by atoms with E-state index in [0.717, 1.165) is 29.1 Å². The molecule has 0 aliphatic carbocycles. The van der Waals surface area contributed by atoms with Crippen LogP contribution in [0, 0.1) is 13.8 Å². The average molecular weight is 245 g/mol. The summed E-state index contributed by atoms with van der Waals surface area (Å²) < 4.78 is 1.89. The second-order valence-corrected chi connectivity index (χ2v) is 4.56. The van der Waals surface area contributed by atoms with E-state index < -0.39 is 0 Å². The van der Waals surface area contributed by atoms with Crippen molar-refractivity contribution >= 4 is 0 Å². The summed E-state index contributed by atoms with van der Waals surface area (Å²) in [4.78, 5) is 4.30. The first-order valence-electron chi connectivity index (χ1n) is 5.98. The zero-order chi connectivity index (χ0) is 13.1. The molecule has 3 N–H and O–H groups in total. The largest absolute Gasteiger partial charge is 0.272 e. The molecular weight excluding hydrogens is 226 g/mol. The molecule has 18 heavy (non-hydrogen) atoms. The minimum Gasteiger partial charge on any atom is -0.272 e. The van der Waals surface area contributed by atoms with Crippen LogP contribution < -0.4 is 11.3 Å². The maximum atomic E-state index is 5.64. The predicted octanol–water partition coefficient (Wildman–Crippen LogP) is 1.18. The molecule has 0 saturated heterocycles. The van der Waals surface area contributed by atoms with Crippen LogP contribution in [0.25, 0.3) is 0 Å². The first-order chi connectivity index (χ1) is 8.60. The molecule has 2 heterocycles. The highest BCUT2D eigenvalue weighted by Crippen LogP contribution is 2.17. The summed E-state index contributed by atoms with van der Waals surface area (Å²) >= 11 is 0. The van der Waals surface area contributed by atoms with Gasteiger partial charge in [-0.2, -0.15) is 5.10 Å². The first-order valence-corrected chi connectivity index (χ1v) is 5.98.